The highest BCUT2D eigenvalue weighted by molar-refractivity contribution is 7.92. The van der Waals surface area contributed by atoms with Crippen molar-refractivity contribution in [2.24, 2.45) is 0 Å². The molecule has 0 bridgehead atoms. The lowest BCUT2D eigenvalue weighted by Crippen LogP contribution is -2.16. The second-order valence-corrected chi connectivity index (χ2v) is 7.44. The number of para-hydroxylation sites is 1. The van der Waals surface area contributed by atoms with Crippen molar-refractivity contribution in [1.82, 2.24) is 0 Å². The Morgan fingerprint density at radius 2 is 1.81 bits per heavy atom. The number of hydrogen-bond donors (Lipinski definition) is 2. The minimum Gasteiger partial charge on any atom is -0.462 e. The van der Waals surface area contributed by atoms with Gasteiger partial charge in [-0.1, -0.05) is 23.7 Å². The van der Waals surface area contributed by atoms with Gasteiger partial charge in [-0.3, -0.25) is 9.52 Å². The zero-order valence-electron chi connectivity index (χ0n) is 14.1. The highest BCUT2D eigenvalue weighted by Crippen LogP contribution is 2.25. The predicted octanol–water partition coefficient (Wildman–Crippen LogP) is 3.14. The zero-order valence-corrected chi connectivity index (χ0v) is 15.6. The lowest BCUT2D eigenvalue weighted by molar-refractivity contribution is 0.0527. The SMILES string of the molecule is CCOC(=O)c1ccccc1NC(=O)c1ccc(NS(C)(=O)=O)c(Cl)c1. The summed E-state index contributed by atoms with van der Waals surface area (Å²) in [6.45, 7) is 1.90. The van der Waals surface area contributed by atoms with Crippen LogP contribution in [0.15, 0.2) is 42.5 Å². The van der Waals surface area contributed by atoms with Crippen LogP contribution in [-0.4, -0.2) is 33.2 Å². The summed E-state index contributed by atoms with van der Waals surface area (Å²) < 4.78 is 29.8. The van der Waals surface area contributed by atoms with E-state index in [-0.39, 0.29) is 28.4 Å². The van der Waals surface area contributed by atoms with Gasteiger partial charge in [0.2, 0.25) is 10.0 Å². The molecule has 9 heteroatoms. The van der Waals surface area contributed by atoms with Crippen LogP contribution >= 0.6 is 11.6 Å². The summed E-state index contributed by atoms with van der Waals surface area (Å²) in [5.74, 6) is -1.05. The fraction of sp³-hybridized carbons (Fsp3) is 0.176. The number of nitrogens with one attached hydrogen (secondary N) is 2. The van der Waals surface area contributed by atoms with E-state index in [9.17, 15) is 18.0 Å². The molecule has 7 nitrogen and oxygen atoms in total. The van der Waals surface area contributed by atoms with Crippen molar-refractivity contribution in [3.8, 4) is 0 Å². The Morgan fingerprint density at radius 1 is 1.12 bits per heavy atom. The molecule has 0 radical (unpaired) electrons. The number of sulfonamides is 1. The molecule has 0 spiro atoms. The standard InChI is InChI=1S/C17H17ClN2O5S/c1-3-25-17(22)12-6-4-5-7-14(12)19-16(21)11-8-9-15(13(18)10-11)20-26(2,23)24/h4-10,20H,3H2,1-2H3,(H,19,21). The minimum atomic E-state index is -3.49. The largest absolute Gasteiger partial charge is 0.462 e. The molecule has 0 aliphatic heterocycles. The van der Waals surface area contributed by atoms with Gasteiger partial charge in [0.05, 0.1) is 34.8 Å². The molecule has 2 N–H and O–H groups in total. The first-order valence-electron chi connectivity index (χ1n) is 7.56. The molecule has 0 saturated heterocycles. The molecular formula is C17H17ClN2O5S. The maximum absolute atomic E-state index is 12.4. The van der Waals surface area contributed by atoms with Gasteiger partial charge in [0.25, 0.3) is 5.91 Å². The van der Waals surface area contributed by atoms with Crippen molar-refractivity contribution in [2.75, 3.05) is 22.9 Å². The molecule has 0 saturated carbocycles. The van der Waals surface area contributed by atoms with Gasteiger partial charge < -0.3 is 10.1 Å². The number of hydrogen-bond acceptors (Lipinski definition) is 5. The Hall–Kier alpha value is -2.58. The van der Waals surface area contributed by atoms with Crippen LogP contribution in [0.3, 0.4) is 0 Å². The molecule has 0 aromatic heterocycles. The van der Waals surface area contributed by atoms with Crippen molar-refractivity contribution in [3.05, 3.63) is 58.6 Å². The molecule has 0 fully saturated rings. The zero-order chi connectivity index (χ0) is 19.3. The van der Waals surface area contributed by atoms with Crippen LogP contribution < -0.4 is 10.0 Å². The molecule has 1 amide bonds. The van der Waals surface area contributed by atoms with Crippen molar-refractivity contribution >= 4 is 44.9 Å². The fourth-order valence-electron chi connectivity index (χ4n) is 2.11. The second kappa shape index (κ2) is 8.20. The number of carbonyl (C=O) groups excluding carboxylic acids is 2. The number of anilines is 2. The Kier molecular flexibility index (Phi) is 6.23. The maximum Gasteiger partial charge on any atom is 0.340 e. The summed E-state index contributed by atoms with van der Waals surface area (Å²) in [6, 6.07) is 10.6. The first kappa shape index (κ1) is 19.7. The van der Waals surface area contributed by atoms with Crippen molar-refractivity contribution < 1.29 is 22.7 Å². The van der Waals surface area contributed by atoms with Gasteiger partial charge in [0, 0.05) is 5.56 Å². The van der Waals surface area contributed by atoms with E-state index >= 15 is 0 Å². The molecular weight excluding hydrogens is 380 g/mol. The van der Waals surface area contributed by atoms with Crippen LogP contribution in [0.25, 0.3) is 0 Å². The quantitative estimate of drug-likeness (QED) is 0.730. The number of amides is 1. The highest BCUT2D eigenvalue weighted by atomic mass is 35.5. The fourth-order valence-corrected chi connectivity index (χ4v) is 2.97. The Labute approximate surface area is 156 Å². The lowest BCUT2D eigenvalue weighted by Gasteiger charge is -2.11. The number of halogens is 1. The summed E-state index contributed by atoms with van der Waals surface area (Å²) >= 11 is 6.02. The van der Waals surface area contributed by atoms with E-state index in [4.69, 9.17) is 16.3 Å². The van der Waals surface area contributed by atoms with Gasteiger partial charge in [-0.2, -0.15) is 0 Å². The number of benzene rings is 2. The monoisotopic (exact) mass is 396 g/mol. The third-order valence-corrected chi connectivity index (χ3v) is 4.10. The van der Waals surface area contributed by atoms with Gasteiger partial charge >= 0.3 is 5.97 Å². The number of carbonyl (C=O) groups is 2. The van der Waals surface area contributed by atoms with Crippen LogP contribution in [0.4, 0.5) is 11.4 Å². The van der Waals surface area contributed by atoms with E-state index < -0.39 is 21.9 Å². The Bertz CT molecular complexity index is 944. The molecule has 0 aliphatic carbocycles. The molecule has 2 aromatic carbocycles. The van der Waals surface area contributed by atoms with Gasteiger partial charge in [-0.25, -0.2) is 13.2 Å². The number of esters is 1. The average Bonchev–Trinajstić information content (AvgIpc) is 2.56. The van der Waals surface area contributed by atoms with Gasteiger partial charge in [0.1, 0.15) is 0 Å². The summed E-state index contributed by atoms with van der Waals surface area (Å²) in [6.07, 6.45) is 0.996. The van der Waals surface area contributed by atoms with E-state index in [2.05, 4.69) is 10.0 Å². The smallest absolute Gasteiger partial charge is 0.340 e. The molecule has 2 aromatic rings. The van der Waals surface area contributed by atoms with E-state index in [1.54, 1.807) is 31.2 Å². The third-order valence-electron chi connectivity index (χ3n) is 3.20. The molecule has 0 unspecified atom stereocenters. The van der Waals surface area contributed by atoms with Gasteiger partial charge in [-0.15, -0.1) is 0 Å². The topological polar surface area (TPSA) is 102 Å². The van der Waals surface area contributed by atoms with Crippen LogP contribution in [0.1, 0.15) is 27.6 Å². The van der Waals surface area contributed by atoms with E-state index in [1.807, 2.05) is 0 Å². The molecule has 26 heavy (non-hydrogen) atoms. The summed E-state index contributed by atoms with van der Waals surface area (Å²) in [5, 5.41) is 2.70. The van der Waals surface area contributed by atoms with Crippen LogP contribution in [0.2, 0.25) is 5.02 Å². The normalized spacial score (nSPS) is 10.9. The summed E-state index contributed by atoms with van der Waals surface area (Å²) in [7, 11) is -3.49. The molecule has 0 heterocycles. The lowest BCUT2D eigenvalue weighted by atomic mass is 10.1. The van der Waals surface area contributed by atoms with Gasteiger partial charge in [-0.05, 0) is 37.3 Å². The van der Waals surface area contributed by atoms with E-state index in [1.165, 1.54) is 18.2 Å². The molecule has 138 valence electrons. The van der Waals surface area contributed by atoms with Crippen molar-refractivity contribution in [1.29, 1.82) is 0 Å². The van der Waals surface area contributed by atoms with Crippen molar-refractivity contribution in [3.63, 3.8) is 0 Å². The molecule has 2 rings (SSSR count). The number of ether oxygens (including phenoxy) is 1. The first-order chi connectivity index (χ1) is 12.2. The number of rotatable bonds is 6. The van der Waals surface area contributed by atoms with Crippen molar-refractivity contribution in [2.45, 2.75) is 6.92 Å². The van der Waals surface area contributed by atoms with E-state index in [0.29, 0.717) is 5.69 Å². The highest BCUT2D eigenvalue weighted by Gasteiger charge is 2.16. The Morgan fingerprint density at radius 3 is 2.42 bits per heavy atom. The molecule has 0 aliphatic rings. The Balaban J connectivity index is 2.24. The maximum atomic E-state index is 12.4. The van der Waals surface area contributed by atoms with Gasteiger partial charge in [0.15, 0.2) is 0 Å². The third kappa shape index (κ3) is 5.21. The summed E-state index contributed by atoms with van der Waals surface area (Å²) in [5.41, 5.74) is 0.889. The van der Waals surface area contributed by atoms with Crippen LogP contribution in [0, 0.1) is 0 Å². The average molecular weight is 397 g/mol. The first-order valence-corrected chi connectivity index (χ1v) is 9.83. The predicted molar refractivity (Wildman–Crippen MR) is 100 cm³/mol. The van der Waals surface area contributed by atoms with E-state index in [0.717, 1.165) is 6.26 Å². The van der Waals surface area contributed by atoms with Crippen LogP contribution in [-0.2, 0) is 14.8 Å². The second-order valence-electron chi connectivity index (χ2n) is 5.29. The van der Waals surface area contributed by atoms with Crippen LogP contribution in [0.5, 0.6) is 0 Å². The summed E-state index contributed by atoms with van der Waals surface area (Å²) in [4.78, 5) is 24.4. The molecule has 0 atom stereocenters. The minimum absolute atomic E-state index is 0.0711.